The van der Waals surface area contributed by atoms with E-state index in [0.717, 1.165) is 39.0 Å². The summed E-state index contributed by atoms with van der Waals surface area (Å²) in [6.45, 7) is 7.24. The highest BCUT2D eigenvalue weighted by Gasteiger charge is 2.45. The predicted octanol–water partition coefficient (Wildman–Crippen LogP) is 1.22. The molecule has 108 valence electrons. The molecule has 3 aliphatic heterocycles. The molecule has 4 heteroatoms. The first-order valence-electron chi connectivity index (χ1n) is 7.96. The number of hydrogen-bond donors (Lipinski definition) is 1. The molecule has 3 rings (SSSR count). The van der Waals surface area contributed by atoms with Crippen LogP contribution >= 0.6 is 0 Å². The lowest BCUT2D eigenvalue weighted by Gasteiger charge is -2.53. The van der Waals surface area contributed by atoms with Crippen LogP contribution in [0, 0.1) is 0 Å². The zero-order valence-corrected chi connectivity index (χ0v) is 12.2. The topological polar surface area (TPSA) is 35.6 Å². The smallest absolute Gasteiger partial charge is 0.237 e. The third-order valence-electron chi connectivity index (χ3n) is 5.35. The third-order valence-corrected chi connectivity index (χ3v) is 5.35. The van der Waals surface area contributed by atoms with E-state index in [-0.39, 0.29) is 5.54 Å². The van der Waals surface area contributed by atoms with Crippen molar-refractivity contribution in [3.05, 3.63) is 0 Å². The second-order valence-corrected chi connectivity index (χ2v) is 6.64. The van der Waals surface area contributed by atoms with Gasteiger partial charge >= 0.3 is 0 Å². The Morgan fingerprint density at radius 3 is 2.79 bits per heavy atom. The molecule has 1 amide bonds. The summed E-state index contributed by atoms with van der Waals surface area (Å²) in [4.78, 5) is 17.2. The Morgan fingerprint density at radius 2 is 2.00 bits per heavy atom. The molecule has 3 saturated heterocycles. The van der Waals surface area contributed by atoms with E-state index < -0.39 is 0 Å². The maximum absolute atomic E-state index is 12.7. The van der Waals surface area contributed by atoms with Crippen molar-refractivity contribution >= 4 is 5.91 Å². The monoisotopic (exact) mass is 265 g/mol. The van der Waals surface area contributed by atoms with Gasteiger partial charge in [0.1, 0.15) is 0 Å². The molecule has 0 saturated carbocycles. The number of piperidine rings is 2. The zero-order valence-electron chi connectivity index (χ0n) is 12.2. The predicted molar refractivity (Wildman–Crippen MR) is 76.1 cm³/mol. The van der Waals surface area contributed by atoms with E-state index in [0.29, 0.717) is 18.5 Å². The van der Waals surface area contributed by atoms with Gasteiger partial charge in [0.05, 0.1) is 12.1 Å². The number of rotatable bonds is 2. The summed E-state index contributed by atoms with van der Waals surface area (Å²) in [5.74, 6) is 0.359. The molecule has 0 aromatic heterocycles. The van der Waals surface area contributed by atoms with Crippen LogP contribution in [0.15, 0.2) is 0 Å². The number of amides is 1. The molecule has 3 aliphatic rings. The summed E-state index contributed by atoms with van der Waals surface area (Å²) in [6.07, 6.45) is 7.25. The molecule has 4 nitrogen and oxygen atoms in total. The van der Waals surface area contributed by atoms with E-state index in [2.05, 4.69) is 22.0 Å². The SMILES string of the molecule is C[C@]12CCCN[C@@H]1CCCN2C(=O)CN1CCCC1. The van der Waals surface area contributed by atoms with Crippen LogP contribution in [-0.2, 0) is 4.79 Å². The third kappa shape index (κ3) is 2.52. The molecule has 1 N–H and O–H groups in total. The minimum atomic E-state index is 0.0628. The summed E-state index contributed by atoms with van der Waals surface area (Å²) in [7, 11) is 0. The van der Waals surface area contributed by atoms with Gasteiger partial charge in [0.2, 0.25) is 5.91 Å². The lowest BCUT2D eigenvalue weighted by Crippen LogP contribution is -2.67. The van der Waals surface area contributed by atoms with Gasteiger partial charge in [-0.05, 0) is 65.1 Å². The van der Waals surface area contributed by atoms with Gasteiger partial charge in [0.25, 0.3) is 0 Å². The van der Waals surface area contributed by atoms with Crippen molar-refractivity contribution in [2.45, 2.75) is 57.0 Å². The Hall–Kier alpha value is -0.610. The molecule has 0 unspecified atom stereocenters. The molecule has 0 aromatic rings. The summed E-state index contributed by atoms with van der Waals surface area (Å²) >= 11 is 0. The molecule has 0 spiro atoms. The minimum absolute atomic E-state index is 0.0628. The maximum Gasteiger partial charge on any atom is 0.237 e. The number of likely N-dealkylation sites (tertiary alicyclic amines) is 2. The normalized spacial score (nSPS) is 36.3. The van der Waals surface area contributed by atoms with Gasteiger partial charge in [0.15, 0.2) is 0 Å². The molecule has 0 radical (unpaired) electrons. The lowest BCUT2D eigenvalue weighted by molar-refractivity contribution is -0.143. The summed E-state index contributed by atoms with van der Waals surface area (Å²) in [6, 6.07) is 0.512. The number of hydrogen-bond acceptors (Lipinski definition) is 3. The first kappa shape index (κ1) is 13.4. The van der Waals surface area contributed by atoms with Crippen LogP contribution in [0.2, 0.25) is 0 Å². The number of carbonyl (C=O) groups excluding carboxylic acids is 1. The van der Waals surface area contributed by atoms with Crippen molar-refractivity contribution in [3.8, 4) is 0 Å². The van der Waals surface area contributed by atoms with Gasteiger partial charge in [-0.15, -0.1) is 0 Å². The van der Waals surface area contributed by atoms with E-state index >= 15 is 0 Å². The van der Waals surface area contributed by atoms with Crippen LogP contribution in [0.5, 0.6) is 0 Å². The number of carbonyl (C=O) groups is 1. The Balaban J connectivity index is 1.68. The van der Waals surface area contributed by atoms with Crippen LogP contribution in [0.4, 0.5) is 0 Å². The molecule has 19 heavy (non-hydrogen) atoms. The molecule has 2 atom stereocenters. The van der Waals surface area contributed by atoms with E-state index in [1.165, 1.54) is 25.7 Å². The molecule has 3 fully saturated rings. The van der Waals surface area contributed by atoms with Gasteiger partial charge in [-0.3, -0.25) is 9.69 Å². The van der Waals surface area contributed by atoms with E-state index in [1.807, 2.05) is 0 Å². The first-order valence-corrected chi connectivity index (χ1v) is 7.96. The standard InChI is InChI=1S/C15H27N3O/c1-15-7-5-8-16-13(15)6-4-11-18(15)14(19)12-17-9-2-3-10-17/h13,16H,2-12H2,1H3/t13-,15+/m1/s1. The number of fused-ring (bicyclic) bond motifs is 1. The van der Waals surface area contributed by atoms with Crippen LogP contribution < -0.4 is 5.32 Å². The van der Waals surface area contributed by atoms with Gasteiger partial charge in [-0.2, -0.15) is 0 Å². The quantitative estimate of drug-likeness (QED) is 0.815. The molecule has 0 aliphatic carbocycles. The molecule has 3 heterocycles. The number of nitrogens with one attached hydrogen (secondary N) is 1. The van der Waals surface area contributed by atoms with Gasteiger partial charge in [-0.1, -0.05) is 0 Å². The van der Waals surface area contributed by atoms with Gasteiger partial charge < -0.3 is 10.2 Å². The van der Waals surface area contributed by atoms with Crippen LogP contribution in [0.1, 0.15) is 45.4 Å². The zero-order chi connectivity index (χ0) is 13.3. The fourth-order valence-corrected chi connectivity index (χ4v) is 4.19. The highest BCUT2D eigenvalue weighted by molar-refractivity contribution is 5.79. The largest absolute Gasteiger partial charge is 0.335 e. The fourth-order valence-electron chi connectivity index (χ4n) is 4.19. The Labute approximate surface area is 116 Å². The molecular weight excluding hydrogens is 238 g/mol. The molecular formula is C15H27N3O. The van der Waals surface area contributed by atoms with E-state index in [1.54, 1.807) is 0 Å². The van der Waals surface area contributed by atoms with Crippen molar-refractivity contribution in [2.75, 3.05) is 32.7 Å². The first-order chi connectivity index (χ1) is 9.20. The van der Waals surface area contributed by atoms with Gasteiger partial charge in [0, 0.05) is 12.6 Å². The van der Waals surface area contributed by atoms with Crippen molar-refractivity contribution in [2.24, 2.45) is 0 Å². The van der Waals surface area contributed by atoms with Gasteiger partial charge in [-0.25, -0.2) is 0 Å². The van der Waals surface area contributed by atoms with Crippen molar-refractivity contribution < 1.29 is 4.79 Å². The van der Waals surface area contributed by atoms with E-state index in [9.17, 15) is 4.79 Å². The van der Waals surface area contributed by atoms with Crippen LogP contribution in [0.25, 0.3) is 0 Å². The Morgan fingerprint density at radius 1 is 1.21 bits per heavy atom. The van der Waals surface area contributed by atoms with Crippen LogP contribution in [0.3, 0.4) is 0 Å². The van der Waals surface area contributed by atoms with Crippen LogP contribution in [-0.4, -0.2) is 60.0 Å². The second kappa shape index (κ2) is 5.41. The summed E-state index contributed by atoms with van der Waals surface area (Å²) in [5, 5.41) is 3.63. The molecule has 0 aromatic carbocycles. The lowest BCUT2D eigenvalue weighted by atomic mass is 9.77. The average Bonchev–Trinajstić information content (AvgIpc) is 2.90. The average molecular weight is 265 g/mol. The second-order valence-electron chi connectivity index (χ2n) is 6.64. The fraction of sp³-hybridized carbons (Fsp3) is 0.933. The summed E-state index contributed by atoms with van der Waals surface area (Å²) < 4.78 is 0. The highest BCUT2D eigenvalue weighted by Crippen LogP contribution is 2.35. The minimum Gasteiger partial charge on any atom is -0.335 e. The van der Waals surface area contributed by atoms with Crippen molar-refractivity contribution in [3.63, 3.8) is 0 Å². The van der Waals surface area contributed by atoms with E-state index in [4.69, 9.17) is 0 Å². The maximum atomic E-state index is 12.7. The molecule has 0 bridgehead atoms. The van der Waals surface area contributed by atoms with Crippen molar-refractivity contribution in [1.29, 1.82) is 0 Å². The Bertz CT molecular complexity index is 338. The van der Waals surface area contributed by atoms with Crippen molar-refractivity contribution in [1.82, 2.24) is 15.1 Å². The Kier molecular flexibility index (Phi) is 3.81. The number of nitrogens with zero attached hydrogens (tertiary/aromatic N) is 2. The summed E-state index contributed by atoms with van der Waals surface area (Å²) in [5.41, 5.74) is 0.0628. The highest BCUT2D eigenvalue weighted by atomic mass is 16.2.